The van der Waals surface area contributed by atoms with E-state index in [4.69, 9.17) is 4.74 Å². The maximum atomic E-state index is 12.8. The lowest BCUT2D eigenvalue weighted by Gasteiger charge is -2.20. The van der Waals surface area contributed by atoms with Crippen LogP contribution in [0.3, 0.4) is 0 Å². The fourth-order valence-corrected chi connectivity index (χ4v) is 3.92. The third-order valence-corrected chi connectivity index (χ3v) is 5.59. The number of ether oxygens (including phenoxy) is 1. The summed E-state index contributed by atoms with van der Waals surface area (Å²) in [5.41, 5.74) is 4.99. The minimum absolute atomic E-state index is 0.0699. The van der Waals surface area contributed by atoms with Crippen LogP contribution >= 0.6 is 0 Å². The molecule has 0 spiro atoms. The largest absolute Gasteiger partial charge is 0.497 e. The number of anilines is 4. The molecule has 1 aliphatic rings. The highest BCUT2D eigenvalue weighted by molar-refractivity contribution is 6.04. The number of aryl methyl sites for hydroxylation is 3. The Bertz CT molecular complexity index is 1170. The fraction of sp³-hybridized carbons (Fsp3) is 0.280. The topological polar surface area (TPSA) is 96.5 Å². The van der Waals surface area contributed by atoms with Gasteiger partial charge in [0.15, 0.2) is 0 Å². The summed E-state index contributed by atoms with van der Waals surface area (Å²) in [5, 5.41) is 6.09. The number of amides is 2. The molecule has 1 atom stereocenters. The van der Waals surface area contributed by atoms with Gasteiger partial charge in [-0.15, -0.1) is 0 Å². The van der Waals surface area contributed by atoms with E-state index in [1.165, 1.54) is 0 Å². The second kappa shape index (κ2) is 9.28. The zero-order valence-corrected chi connectivity index (χ0v) is 19.2. The van der Waals surface area contributed by atoms with Crippen molar-refractivity contribution in [2.24, 2.45) is 5.92 Å². The SMILES string of the molecule is COc1ccc(C)c(N2CC(C(=O)Nc3ccc(Nc4nc(C)cc(C)n4)cc3)CC2=O)c1. The molecule has 0 saturated carbocycles. The Labute approximate surface area is 193 Å². The predicted octanol–water partition coefficient (Wildman–Crippen LogP) is 4.15. The summed E-state index contributed by atoms with van der Waals surface area (Å²) in [7, 11) is 1.59. The molecule has 8 heteroatoms. The predicted molar refractivity (Wildman–Crippen MR) is 128 cm³/mol. The normalized spacial score (nSPS) is 15.5. The Kier molecular flexibility index (Phi) is 6.26. The second-order valence-corrected chi connectivity index (χ2v) is 8.22. The molecule has 2 N–H and O–H groups in total. The Morgan fingerprint density at radius 2 is 1.67 bits per heavy atom. The van der Waals surface area contributed by atoms with E-state index in [0.717, 1.165) is 28.3 Å². The van der Waals surface area contributed by atoms with Gasteiger partial charge >= 0.3 is 0 Å². The van der Waals surface area contributed by atoms with Gasteiger partial charge in [0.2, 0.25) is 17.8 Å². The molecule has 33 heavy (non-hydrogen) atoms. The lowest BCUT2D eigenvalue weighted by atomic mass is 10.1. The van der Waals surface area contributed by atoms with Gasteiger partial charge in [0.25, 0.3) is 0 Å². The van der Waals surface area contributed by atoms with Crippen LogP contribution in [0.15, 0.2) is 48.5 Å². The zero-order chi connectivity index (χ0) is 23.5. The second-order valence-electron chi connectivity index (χ2n) is 8.22. The average Bonchev–Trinajstić information content (AvgIpc) is 3.16. The lowest BCUT2D eigenvalue weighted by Crippen LogP contribution is -2.28. The molecule has 170 valence electrons. The summed E-state index contributed by atoms with van der Waals surface area (Å²) in [6, 6.07) is 14.8. The van der Waals surface area contributed by atoms with E-state index >= 15 is 0 Å². The van der Waals surface area contributed by atoms with Gasteiger partial charge in [-0.25, -0.2) is 9.97 Å². The van der Waals surface area contributed by atoms with E-state index in [1.807, 2.05) is 69.3 Å². The maximum absolute atomic E-state index is 12.8. The van der Waals surface area contributed by atoms with E-state index in [0.29, 0.717) is 23.9 Å². The molecule has 1 saturated heterocycles. The molecular formula is C25H27N5O3. The van der Waals surface area contributed by atoms with Crippen molar-refractivity contribution in [2.45, 2.75) is 27.2 Å². The number of rotatable bonds is 6. The molecule has 8 nitrogen and oxygen atoms in total. The average molecular weight is 446 g/mol. The van der Waals surface area contributed by atoms with E-state index in [2.05, 4.69) is 20.6 Å². The number of carbonyl (C=O) groups is 2. The molecule has 1 aliphatic heterocycles. The number of hydrogen-bond acceptors (Lipinski definition) is 6. The van der Waals surface area contributed by atoms with E-state index in [9.17, 15) is 9.59 Å². The van der Waals surface area contributed by atoms with Crippen molar-refractivity contribution < 1.29 is 14.3 Å². The summed E-state index contributed by atoms with van der Waals surface area (Å²) >= 11 is 0. The Morgan fingerprint density at radius 1 is 1.00 bits per heavy atom. The monoisotopic (exact) mass is 445 g/mol. The van der Waals surface area contributed by atoms with Crippen LogP contribution in [-0.2, 0) is 9.59 Å². The van der Waals surface area contributed by atoms with Crippen LogP contribution in [0.5, 0.6) is 5.75 Å². The standard InChI is InChI=1S/C25H27N5O3/c1-15-5-10-21(33-4)13-22(15)30-14-18(12-23(30)31)24(32)28-19-6-8-20(9-7-19)29-25-26-16(2)11-17(3)27-25/h5-11,13,18H,12,14H2,1-4H3,(H,28,32)(H,26,27,29). The summed E-state index contributed by atoms with van der Waals surface area (Å²) in [5.74, 6) is 0.534. The van der Waals surface area contributed by atoms with E-state index in [1.54, 1.807) is 12.0 Å². The van der Waals surface area contributed by atoms with Crippen molar-refractivity contribution >= 4 is 34.8 Å². The minimum atomic E-state index is -0.426. The Morgan fingerprint density at radius 3 is 2.33 bits per heavy atom. The third kappa shape index (κ3) is 5.11. The highest BCUT2D eigenvalue weighted by atomic mass is 16.5. The Balaban J connectivity index is 1.40. The summed E-state index contributed by atoms with van der Waals surface area (Å²) in [6.07, 6.45) is 0.173. The zero-order valence-electron chi connectivity index (χ0n) is 19.2. The van der Waals surface area contributed by atoms with Crippen molar-refractivity contribution in [3.63, 3.8) is 0 Å². The molecule has 0 aliphatic carbocycles. The highest BCUT2D eigenvalue weighted by Gasteiger charge is 2.35. The number of methoxy groups -OCH3 is 1. The molecular weight excluding hydrogens is 418 g/mol. The first kappa shape index (κ1) is 22.3. The van der Waals surface area contributed by atoms with E-state index in [-0.39, 0.29) is 18.2 Å². The van der Waals surface area contributed by atoms with Crippen molar-refractivity contribution in [1.29, 1.82) is 0 Å². The van der Waals surface area contributed by atoms with Gasteiger partial charge in [0.1, 0.15) is 5.75 Å². The van der Waals surface area contributed by atoms with Gasteiger partial charge in [-0.2, -0.15) is 0 Å². The number of carbonyl (C=O) groups excluding carboxylic acids is 2. The first-order valence-corrected chi connectivity index (χ1v) is 10.8. The first-order valence-electron chi connectivity index (χ1n) is 10.8. The van der Waals surface area contributed by atoms with Crippen LogP contribution in [0, 0.1) is 26.7 Å². The summed E-state index contributed by atoms with van der Waals surface area (Å²) in [6.45, 7) is 6.11. The van der Waals surface area contributed by atoms with Crippen molar-refractivity contribution in [3.8, 4) is 5.75 Å². The van der Waals surface area contributed by atoms with Gasteiger partial charge in [-0.1, -0.05) is 6.07 Å². The van der Waals surface area contributed by atoms with Gasteiger partial charge in [0.05, 0.1) is 18.7 Å². The molecule has 2 aromatic carbocycles. The molecule has 0 radical (unpaired) electrons. The number of hydrogen-bond donors (Lipinski definition) is 2. The molecule has 1 unspecified atom stereocenters. The molecule has 1 aromatic heterocycles. The third-order valence-electron chi connectivity index (χ3n) is 5.59. The van der Waals surface area contributed by atoms with E-state index < -0.39 is 5.92 Å². The summed E-state index contributed by atoms with van der Waals surface area (Å²) < 4.78 is 5.29. The van der Waals surface area contributed by atoms with Gasteiger partial charge in [-0.05, 0) is 62.7 Å². The molecule has 2 amide bonds. The van der Waals surface area contributed by atoms with Gasteiger partial charge in [-0.3, -0.25) is 9.59 Å². The fourth-order valence-electron chi connectivity index (χ4n) is 3.92. The first-order chi connectivity index (χ1) is 15.8. The van der Waals surface area contributed by atoms with Crippen LogP contribution in [-0.4, -0.2) is 35.4 Å². The smallest absolute Gasteiger partial charge is 0.229 e. The lowest BCUT2D eigenvalue weighted by molar-refractivity contribution is -0.122. The van der Waals surface area contributed by atoms with Crippen molar-refractivity contribution in [1.82, 2.24) is 9.97 Å². The molecule has 2 heterocycles. The molecule has 4 rings (SSSR count). The number of nitrogens with zero attached hydrogens (tertiary/aromatic N) is 3. The quantitative estimate of drug-likeness (QED) is 0.592. The summed E-state index contributed by atoms with van der Waals surface area (Å²) in [4.78, 5) is 35.9. The van der Waals surface area contributed by atoms with Crippen LogP contribution in [0.1, 0.15) is 23.4 Å². The molecule has 3 aromatic rings. The number of benzene rings is 2. The molecule has 1 fully saturated rings. The van der Waals surface area contributed by atoms with Crippen molar-refractivity contribution in [3.05, 3.63) is 65.5 Å². The van der Waals surface area contributed by atoms with Crippen LogP contribution < -0.4 is 20.3 Å². The number of nitrogens with one attached hydrogen (secondary N) is 2. The number of aromatic nitrogens is 2. The Hall–Kier alpha value is -3.94. The molecule has 0 bridgehead atoms. The van der Waals surface area contributed by atoms with Crippen LogP contribution in [0.25, 0.3) is 0 Å². The van der Waals surface area contributed by atoms with Gasteiger partial charge < -0.3 is 20.3 Å². The highest BCUT2D eigenvalue weighted by Crippen LogP contribution is 2.31. The van der Waals surface area contributed by atoms with Crippen LogP contribution in [0.2, 0.25) is 0 Å². The van der Waals surface area contributed by atoms with Crippen LogP contribution in [0.4, 0.5) is 23.0 Å². The maximum Gasteiger partial charge on any atom is 0.229 e. The minimum Gasteiger partial charge on any atom is -0.497 e. The van der Waals surface area contributed by atoms with Gasteiger partial charge in [0, 0.05) is 41.8 Å². The van der Waals surface area contributed by atoms with Crippen molar-refractivity contribution in [2.75, 3.05) is 29.2 Å².